The van der Waals surface area contributed by atoms with Gasteiger partial charge >= 0.3 is 5.97 Å². The van der Waals surface area contributed by atoms with E-state index in [9.17, 15) is 9.59 Å². The van der Waals surface area contributed by atoms with Gasteiger partial charge in [0, 0.05) is 28.6 Å². The van der Waals surface area contributed by atoms with Crippen molar-refractivity contribution in [2.75, 3.05) is 14.2 Å². The molecule has 0 aliphatic carbocycles. The average molecular weight is 528 g/mol. The second kappa shape index (κ2) is 10.8. The number of esters is 1. The molecule has 1 fully saturated rings. The molecule has 4 rings (SSSR count). The summed E-state index contributed by atoms with van der Waals surface area (Å²) >= 11 is 12.4. The lowest BCUT2D eigenvalue weighted by Crippen LogP contribution is -2.74. The summed E-state index contributed by atoms with van der Waals surface area (Å²) in [5.74, 6) is 0.321. The van der Waals surface area contributed by atoms with Gasteiger partial charge in [-0.1, -0.05) is 60.5 Å². The van der Waals surface area contributed by atoms with Crippen molar-refractivity contribution in [1.29, 1.82) is 0 Å². The van der Waals surface area contributed by atoms with Crippen molar-refractivity contribution in [1.82, 2.24) is 4.90 Å². The Balaban J connectivity index is 1.52. The molecule has 3 aromatic carbocycles. The molecule has 1 amide bonds. The highest BCUT2D eigenvalue weighted by atomic mass is 35.5. The second-order valence-corrected chi connectivity index (χ2v) is 9.53. The van der Waals surface area contributed by atoms with E-state index in [1.807, 2.05) is 48.5 Å². The number of amides is 1. The van der Waals surface area contributed by atoms with Crippen molar-refractivity contribution >= 4 is 35.1 Å². The fourth-order valence-electron chi connectivity index (χ4n) is 4.56. The number of carbonyl (C=O) groups is 2. The number of hydrogen-bond acceptors (Lipinski definition) is 5. The Kier molecular flexibility index (Phi) is 7.76. The lowest BCUT2D eigenvalue weighted by Gasteiger charge is -2.54. The summed E-state index contributed by atoms with van der Waals surface area (Å²) < 4.78 is 16.3. The third kappa shape index (κ3) is 4.88. The first-order valence-electron chi connectivity index (χ1n) is 11.5. The van der Waals surface area contributed by atoms with Crippen molar-refractivity contribution in [2.24, 2.45) is 5.92 Å². The Labute approximate surface area is 220 Å². The predicted octanol–water partition coefficient (Wildman–Crippen LogP) is 5.71. The van der Waals surface area contributed by atoms with Crippen LogP contribution in [0, 0.1) is 5.92 Å². The number of ether oxygens (including phenoxy) is 3. The standard InChI is InChI=1S/C28H27Cl2NO5/c1-18-26(32)31(16-20-9-11-21(34-2)12-10-20)28(18,27(33)35-3)15-19-7-13-22(14-8-19)36-17-23-24(29)5-4-6-25(23)30/h4-14,18H,15-17H2,1-3H3/t18-,28+/m1/s1. The molecule has 0 spiro atoms. The van der Waals surface area contributed by atoms with Gasteiger partial charge in [0.05, 0.1) is 20.1 Å². The minimum atomic E-state index is -1.10. The zero-order valence-electron chi connectivity index (χ0n) is 20.3. The van der Waals surface area contributed by atoms with Crippen molar-refractivity contribution in [3.05, 3.63) is 93.5 Å². The predicted molar refractivity (Wildman–Crippen MR) is 138 cm³/mol. The molecule has 2 atom stereocenters. The summed E-state index contributed by atoms with van der Waals surface area (Å²) in [5, 5.41) is 1.08. The van der Waals surface area contributed by atoms with E-state index < -0.39 is 17.4 Å². The summed E-state index contributed by atoms with van der Waals surface area (Å²) in [7, 11) is 2.95. The van der Waals surface area contributed by atoms with Crippen LogP contribution in [0.5, 0.6) is 11.5 Å². The van der Waals surface area contributed by atoms with Gasteiger partial charge < -0.3 is 19.1 Å². The number of methoxy groups -OCH3 is 2. The van der Waals surface area contributed by atoms with Crippen LogP contribution in [0.25, 0.3) is 0 Å². The molecule has 0 unspecified atom stereocenters. The number of likely N-dealkylation sites (tertiary alicyclic amines) is 1. The van der Waals surface area contributed by atoms with Gasteiger partial charge in [-0.25, -0.2) is 4.79 Å². The van der Waals surface area contributed by atoms with E-state index in [0.717, 1.165) is 16.9 Å². The highest BCUT2D eigenvalue weighted by Gasteiger charge is 2.63. The first kappa shape index (κ1) is 25.9. The topological polar surface area (TPSA) is 65.1 Å². The van der Waals surface area contributed by atoms with Crippen molar-refractivity contribution in [3.8, 4) is 11.5 Å². The maximum atomic E-state index is 13.1. The average Bonchev–Trinajstić information content (AvgIpc) is 2.90. The van der Waals surface area contributed by atoms with Crippen molar-refractivity contribution < 1.29 is 23.8 Å². The fourth-order valence-corrected chi connectivity index (χ4v) is 5.07. The van der Waals surface area contributed by atoms with Gasteiger partial charge in [-0.15, -0.1) is 0 Å². The van der Waals surface area contributed by atoms with E-state index in [1.54, 1.807) is 37.1 Å². The minimum absolute atomic E-state index is 0.0900. The summed E-state index contributed by atoms with van der Waals surface area (Å²) in [4.78, 5) is 27.6. The molecule has 1 aliphatic rings. The van der Waals surface area contributed by atoms with Gasteiger partial charge in [0.15, 0.2) is 5.54 Å². The normalized spacial score (nSPS) is 19.0. The van der Waals surface area contributed by atoms with Crippen molar-refractivity contribution in [3.63, 3.8) is 0 Å². The maximum Gasteiger partial charge on any atom is 0.332 e. The Bertz CT molecular complexity index is 1230. The molecule has 1 heterocycles. The molecule has 1 aliphatic heterocycles. The van der Waals surface area contributed by atoms with Crippen LogP contribution in [-0.4, -0.2) is 36.5 Å². The lowest BCUT2D eigenvalue weighted by atomic mass is 9.70. The molecular formula is C28H27Cl2NO5. The number of halogens is 2. The zero-order valence-corrected chi connectivity index (χ0v) is 21.8. The third-order valence-corrected chi connectivity index (χ3v) is 7.42. The number of hydrogen-bond donors (Lipinski definition) is 0. The molecule has 8 heteroatoms. The molecule has 0 N–H and O–H groups in total. The van der Waals surface area contributed by atoms with Gasteiger partial charge in [0.1, 0.15) is 18.1 Å². The number of benzene rings is 3. The molecular weight excluding hydrogens is 501 g/mol. The number of rotatable bonds is 9. The molecule has 1 saturated heterocycles. The smallest absolute Gasteiger partial charge is 0.332 e. The van der Waals surface area contributed by atoms with Crippen LogP contribution in [-0.2, 0) is 33.9 Å². The summed E-state index contributed by atoms with van der Waals surface area (Å²) in [6, 6.07) is 20.2. The van der Waals surface area contributed by atoms with E-state index in [0.29, 0.717) is 34.3 Å². The molecule has 0 saturated carbocycles. The molecule has 0 bridgehead atoms. The van der Waals surface area contributed by atoms with Gasteiger partial charge in [-0.05, 0) is 47.5 Å². The SMILES string of the molecule is COC(=O)[C@]1(Cc2ccc(OCc3c(Cl)cccc3Cl)cc2)[C@H](C)C(=O)N1Cc1ccc(OC)cc1. The van der Waals surface area contributed by atoms with E-state index in [2.05, 4.69) is 0 Å². The monoisotopic (exact) mass is 527 g/mol. The quantitative estimate of drug-likeness (QED) is 0.263. The van der Waals surface area contributed by atoms with Crippen LogP contribution < -0.4 is 9.47 Å². The number of carbonyl (C=O) groups excluding carboxylic acids is 2. The second-order valence-electron chi connectivity index (χ2n) is 8.72. The van der Waals surface area contributed by atoms with E-state index in [1.165, 1.54) is 7.11 Å². The Morgan fingerprint density at radius 3 is 2.08 bits per heavy atom. The zero-order chi connectivity index (χ0) is 25.9. The molecule has 36 heavy (non-hydrogen) atoms. The minimum Gasteiger partial charge on any atom is -0.497 e. The fraction of sp³-hybridized carbons (Fsp3) is 0.286. The number of β-lactam (4-membered cyclic amide) rings is 1. The largest absolute Gasteiger partial charge is 0.497 e. The van der Waals surface area contributed by atoms with Gasteiger partial charge in [0.2, 0.25) is 5.91 Å². The van der Waals surface area contributed by atoms with Gasteiger partial charge in [-0.3, -0.25) is 4.79 Å². The van der Waals surface area contributed by atoms with Crippen LogP contribution in [0.4, 0.5) is 0 Å². The van der Waals surface area contributed by atoms with Crippen LogP contribution in [0.1, 0.15) is 23.6 Å². The van der Waals surface area contributed by atoms with E-state index in [4.69, 9.17) is 37.4 Å². The highest BCUT2D eigenvalue weighted by Crippen LogP contribution is 2.43. The first-order chi connectivity index (χ1) is 17.3. The molecule has 0 aromatic heterocycles. The Hall–Kier alpha value is -3.22. The van der Waals surface area contributed by atoms with Crippen LogP contribution in [0.2, 0.25) is 10.0 Å². The summed E-state index contributed by atoms with van der Waals surface area (Å²) in [6.07, 6.45) is 0.319. The van der Waals surface area contributed by atoms with Crippen LogP contribution >= 0.6 is 23.2 Å². The molecule has 188 valence electrons. The first-order valence-corrected chi connectivity index (χ1v) is 12.2. The molecule has 6 nitrogen and oxygen atoms in total. The Morgan fingerprint density at radius 1 is 0.917 bits per heavy atom. The Morgan fingerprint density at radius 2 is 1.50 bits per heavy atom. The lowest BCUT2D eigenvalue weighted by molar-refractivity contribution is -0.190. The van der Waals surface area contributed by atoms with E-state index in [-0.39, 0.29) is 12.5 Å². The van der Waals surface area contributed by atoms with Crippen LogP contribution in [0.3, 0.4) is 0 Å². The summed E-state index contributed by atoms with van der Waals surface area (Å²) in [6.45, 7) is 2.29. The maximum absolute atomic E-state index is 13.1. The molecule has 3 aromatic rings. The van der Waals surface area contributed by atoms with Gasteiger partial charge in [0.25, 0.3) is 0 Å². The third-order valence-electron chi connectivity index (χ3n) is 6.71. The molecule has 0 radical (unpaired) electrons. The summed E-state index contributed by atoms with van der Waals surface area (Å²) in [5.41, 5.74) is 1.39. The van der Waals surface area contributed by atoms with Gasteiger partial charge in [-0.2, -0.15) is 0 Å². The van der Waals surface area contributed by atoms with Crippen molar-refractivity contribution in [2.45, 2.75) is 32.0 Å². The van der Waals surface area contributed by atoms with E-state index >= 15 is 0 Å². The van der Waals surface area contributed by atoms with Crippen LogP contribution in [0.15, 0.2) is 66.7 Å². The highest BCUT2D eigenvalue weighted by molar-refractivity contribution is 6.35. The number of nitrogens with zero attached hydrogens (tertiary/aromatic N) is 1.